The molecule has 1 aromatic rings. The van der Waals surface area contributed by atoms with Gasteiger partial charge in [0, 0.05) is 0 Å². The first-order valence-electron chi connectivity index (χ1n) is 7.56. The second kappa shape index (κ2) is 8.50. The Kier molecular flexibility index (Phi) is 7.00. The summed E-state index contributed by atoms with van der Waals surface area (Å²) in [4.78, 5) is 11.6. The number of benzene rings is 1. The molecule has 3 heteroatoms. The molecule has 1 rings (SSSR count). The summed E-state index contributed by atoms with van der Waals surface area (Å²) in [6, 6.07) is 3.93. The highest BCUT2D eigenvalue weighted by Gasteiger charge is 2.19. The molecule has 116 valence electrons. The maximum atomic E-state index is 11.6. The Hall–Kier alpha value is -1.77. The Morgan fingerprint density at radius 1 is 1.24 bits per heavy atom. The molecule has 0 aliphatic rings. The lowest BCUT2D eigenvalue weighted by molar-refractivity contribution is 0.0692. The minimum atomic E-state index is -0.905. The SMILES string of the molecule is CCCCCc1ccc(CC=C(C)C)c(OC)c1C(=O)O. The van der Waals surface area contributed by atoms with Crippen LogP contribution in [0.3, 0.4) is 0 Å². The number of unbranched alkanes of at least 4 members (excludes halogenated alkanes) is 2. The predicted molar refractivity (Wildman–Crippen MR) is 86.3 cm³/mol. The van der Waals surface area contributed by atoms with E-state index in [1.807, 2.05) is 26.0 Å². The number of hydrogen-bond acceptors (Lipinski definition) is 2. The fourth-order valence-electron chi connectivity index (χ4n) is 2.38. The number of rotatable bonds is 8. The normalized spacial score (nSPS) is 10.3. The molecule has 0 atom stereocenters. The average Bonchev–Trinajstić information content (AvgIpc) is 2.44. The van der Waals surface area contributed by atoms with Gasteiger partial charge in [-0.15, -0.1) is 0 Å². The van der Waals surface area contributed by atoms with Crippen LogP contribution in [0.1, 0.15) is 61.5 Å². The van der Waals surface area contributed by atoms with Crippen molar-refractivity contribution in [1.82, 2.24) is 0 Å². The number of aromatic carboxylic acids is 1. The zero-order chi connectivity index (χ0) is 15.8. The van der Waals surface area contributed by atoms with Crippen LogP contribution < -0.4 is 4.74 Å². The maximum absolute atomic E-state index is 11.6. The quantitative estimate of drug-likeness (QED) is 0.560. The topological polar surface area (TPSA) is 46.5 Å². The molecular weight excluding hydrogens is 264 g/mol. The van der Waals surface area contributed by atoms with Gasteiger partial charge in [0.2, 0.25) is 0 Å². The first kappa shape index (κ1) is 17.3. The summed E-state index contributed by atoms with van der Waals surface area (Å²) in [6.45, 7) is 6.20. The van der Waals surface area contributed by atoms with Crippen molar-refractivity contribution in [3.05, 3.63) is 40.5 Å². The van der Waals surface area contributed by atoms with Crippen LogP contribution in [0.2, 0.25) is 0 Å². The van der Waals surface area contributed by atoms with E-state index < -0.39 is 5.97 Å². The molecule has 1 N–H and O–H groups in total. The van der Waals surface area contributed by atoms with E-state index >= 15 is 0 Å². The van der Waals surface area contributed by atoms with Gasteiger partial charge in [-0.3, -0.25) is 0 Å². The Morgan fingerprint density at radius 2 is 1.90 bits per heavy atom. The van der Waals surface area contributed by atoms with Gasteiger partial charge >= 0.3 is 5.97 Å². The molecule has 0 heterocycles. The number of allylic oxidation sites excluding steroid dienone is 2. The molecule has 0 aliphatic carbocycles. The van der Waals surface area contributed by atoms with E-state index in [0.29, 0.717) is 17.7 Å². The Balaban J connectivity index is 3.17. The third-order valence-electron chi connectivity index (χ3n) is 3.52. The number of carboxylic acid groups (broad SMARTS) is 1. The van der Waals surface area contributed by atoms with Crippen molar-refractivity contribution in [2.24, 2.45) is 0 Å². The van der Waals surface area contributed by atoms with Crippen molar-refractivity contribution in [2.75, 3.05) is 7.11 Å². The van der Waals surface area contributed by atoms with Crippen molar-refractivity contribution in [3.63, 3.8) is 0 Å². The van der Waals surface area contributed by atoms with Crippen molar-refractivity contribution >= 4 is 5.97 Å². The van der Waals surface area contributed by atoms with Gasteiger partial charge in [0.25, 0.3) is 0 Å². The van der Waals surface area contributed by atoms with Crippen molar-refractivity contribution in [3.8, 4) is 5.75 Å². The molecule has 0 saturated carbocycles. The first-order chi connectivity index (χ1) is 10.0. The van der Waals surface area contributed by atoms with Gasteiger partial charge in [-0.05, 0) is 44.2 Å². The summed E-state index contributed by atoms with van der Waals surface area (Å²) in [6.07, 6.45) is 6.81. The minimum absolute atomic E-state index is 0.327. The summed E-state index contributed by atoms with van der Waals surface area (Å²) < 4.78 is 5.41. The van der Waals surface area contributed by atoms with Gasteiger partial charge in [-0.2, -0.15) is 0 Å². The van der Waals surface area contributed by atoms with Gasteiger partial charge in [0.05, 0.1) is 7.11 Å². The molecular formula is C18H26O3. The number of ether oxygens (including phenoxy) is 1. The van der Waals surface area contributed by atoms with E-state index in [1.54, 1.807) is 7.11 Å². The van der Waals surface area contributed by atoms with Crippen LogP contribution in [0.5, 0.6) is 5.75 Å². The van der Waals surface area contributed by atoms with Crippen LogP contribution in [0.4, 0.5) is 0 Å². The highest BCUT2D eigenvalue weighted by Crippen LogP contribution is 2.29. The Bertz CT molecular complexity index is 511. The zero-order valence-corrected chi connectivity index (χ0v) is 13.5. The van der Waals surface area contributed by atoms with Crippen LogP contribution in [-0.2, 0) is 12.8 Å². The van der Waals surface area contributed by atoms with Crippen LogP contribution in [-0.4, -0.2) is 18.2 Å². The number of methoxy groups -OCH3 is 1. The second-order valence-electron chi connectivity index (χ2n) is 5.54. The van der Waals surface area contributed by atoms with Gasteiger partial charge < -0.3 is 9.84 Å². The monoisotopic (exact) mass is 290 g/mol. The summed E-state index contributed by atoms with van der Waals surface area (Å²) >= 11 is 0. The molecule has 0 saturated heterocycles. The molecule has 3 nitrogen and oxygen atoms in total. The Labute approximate surface area is 127 Å². The lowest BCUT2D eigenvalue weighted by atomic mass is 9.96. The van der Waals surface area contributed by atoms with E-state index in [-0.39, 0.29) is 0 Å². The molecule has 21 heavy (non-hydrogen) atoms. The highest BCUT2D eigenvalue weighted by atomic mass is 16.5. The Morgan fingerprint density at radius 3 is 2.43 bits per heavy atom. The van der Waals surface area contributed by atoms with Gasteiger partial charge in [-0.1, -0.05) is 43.5 Å². The van der Waals surface area contributed by atoms with E-state index in [1.165, 1.54) is 5.57 Å². The summed E-state index contributed by atoms with van der Waals surface area (Å²) in [5, 5.41) is 9.54. The van der Waals surface area contributed by atoms with Gasteiger partial charge in [0.1, 0.15) is 11.3 Å². The van der Waals surface area contributed by atoms with Crippen LogP contribution in [0.15, 0.2) is 23.8 Å². The zero-order valence-electron chi connectivity index (χ0n) is 13.5. The largest absolute Gasteiger partial charge is 0.496 e. The fraction of sp³-hybridized carbons (Fsp3) is 0.500. The molecule has 0 unspecified atom stereocenters. The first-order valence-corrected chi connectivity index (χ1v) is 7.56. The smallest absolute Gasteiger partial charge is 0.339 e. The molecule has 0 bridgehead atoms. The number of carbonyl (C=O) groups is 1. The van der Waals surface area contributed by atoms with Crippen molar-refractivity contribution < 1.29 is 14.6 Å². The second-order valence-corrected chi connectivity index (χ2v) is 5.54. The summed E-state index contributed by atoms with van der Waals surface area (Å²) in [5.74, 6) is -0.397. The molecule has 0 aromatic heterocycles. The number of carboxylic acids is 1. The van der Waals surface area contributed by atoms with Gasteiger partial charge in [-0.25, -0.2) is 4.79 Å². The maximum Gasteiger partial charge on any atom is 0.339 e. The predicted octanol–water partition coefficient (Wildman–Crippen LogP) is 4.63. The van der Waals surface area contributed by atoms with E-state index in [4.69, 9.17) is 4.74 Å². The highest BCUT2D eigenvalue weighted by molar-refractivity contribution is 5.93. The molecule has 0 amide bonds. The summed E-state index contributed by atoms with van der Waals surface area (Å²) in [7, 11) is 1.55. The minimum Gasteiger partial charge on any atom is -0.496 e. The third-order valence-corrected chi connectivity index (χ3v) is 3.52. The lowest BCUT2D eigenvalue weighted by Gasteiger charge is -2.14. The van der Waals surface area contributed by atoms with E-state index in [9.17, 15) is 9.90 Å². The number of hydrogen-bond donors (Lipinski definition) is 1. The van der Waals surface area contributed by atoms with Crippen molar-refractivity contribution in [1.29, 1.82) is 0 Å². The van der Waals surface area contributed by atoms with Crippen LogP contribution in [0.25, 0.3) is 0 Å². The van der Waals surface area contributed by atoms with Crippen LogP contribution in [0, 0.1) is 0 Å². The summed E-state index contributed by atoms with van der Waals surface area (Å²) in [5.41, 5.74) is 3.33. The van der Waals surface area contributed by atoms with E-state index in [2.05, 4.69) is 13.0 Å². The number of aryl methyl sites for hydroxylation is 1. The molecule has 0 radical (unpaired) electrons. The third kappa shape index (κ3) is 4.92. The standard InChI is InChI=1S/C18H26O3/c1-5-6-7-8-14-11-12-15(10-9-13(2)3)17(21-4)16(14)18(19)20/h9,11-12H,5-8,10H2,1-4H3,(H,19,20). The van der Waals surface area contributed by atoms with Crippen molar-refractivity contribution in [2.45, 2.75) is 52.9 Å². The lowest BCUT2D eigenvalue weighted by Crippen LogP contribution is -2.08. The molecule has 0 fully saturated rings. The van der Waals surface area contributed by atoms with E-state index in [0.717, 1.165) is 36.8 Å². The van der Waals surface area contributed by atoms with Crippen LogP contribution >= 0.6 is 0 Å². The molecule has 1 aromatic carbocycles. The average molecular weight is 290 g/mol. The fourth-order valence-corrected chi connectivity index (χ4v) is 2.38. The molecule has 0 spiro atoms. The molecule has 0 aliphatic heterocycles. The van der Waals surface area contributed by atoms with Gasteiger partial charge in [0.15, 0.2) is 0 Å².